The van der Waals surface area contributed by atoms with Gasteiger partial charge in [0, 0.05) is 31.6 Å². The molecule has 0 aliphatic rings. The van der Waals surface area contributed by atoms with Crippen molar-refractivity contribution < 1.29 is 9.53 Å². The second kappa shape index (κ2) is 7.25. The van der Waals surface area contributed by atoms with Crippen LogP contribution in [0.25, 0.3) is 0 Å². The quantitative estimate of drug-likeness (QED) is 0.794. The smallest absolute Gasteiger partial charge is 0.254 e. The highest BCUT2D eigenvalue weighted by Crippen LogP contribution is 2.15. The van der Waals surface area contributed by atoms with Crippen LogP contribution in [0.1, 0.15) is 29.4 Å². The molecule has 4 nitrogen and oxygen atoms in total. The van der Waals surface area contributed by atoms with Crippen LogP contribution >= 0.6 is 11.6 Å². The van der Waals surface area contributed by atoms with Crippen molar-refractivity contribution in [3.05, 3.63) is 28.5 Å². The first-order valence-electron chi connectivity index (χ1n) is 5.63. The molecule has 0 aliphatic heterocycles. The molecule has 0 saturated carbocycles. The number of pyridine rings is 1. The lowest BCUT2D eigenvalue weighted by Gasteiger charge is -2.06. The molecule has 1 aromatic heterocycles. The van der Waals surface area contributed by atoms with Gasteiger partial charge in [0.05, 0.1) is 10.6 Å². The average Bonchev–Trinajstić information content (AvgIpc) is 2.28. The number of halogens is 1. The minimum absolute atomic E-state index is 0.195. The van der Waals surface area contributed by atoms with Crippen molar-refractivity contribution in [3.8, 4) is 0 Å². The summed E-state index contributed by atoms with van der Waals surface area (Å²) in [6, 6.07) is 1.68. The standard InChI is InChI=1S/C12H17ClN2O2/c1-3-17-6-4-5-14-12(16)10-8-15-9(2)7-11(10)13/h7-8H,3-6H2,1-2H3,(H,14,16). The van der Waals surface area contributed by atoms with Gasteiger partial charge in [-0.3, -0.25) is 9.78 Å². The predicted octanol–water partition coefficient (Wildman–Crippen LogP) is 2.20. The second-order valence-electron chi connectivity index (χ2n) is 3.61. The van der Waals surface area contributed by atoms with E-state index in [1.165, 1.54) is 6.20 Å². The lowest BCUT2D eigenvalue weighted by molar-refractivity contribution is 0.0944. The maximum Gasteiger partial charge on any atom is 0.254 e. The van der Waals surface area contributed by atoms with Crippen molar-refractivity contribution in [2.24, 2.45) is 0 Å². The molecule has 1 N–H and O–H groups in total. The van der Waals surface area contributed by atoms with Gasteiger partial charge in [-0.25, -0.2) is 0 Å². The maximum atomic E-state index is 11.7. The Balaban J connectivity index is 2.42. The van der Waals surface area contributed by atoms with Crippen LogP contribution in [0.4, 0.5) is 0 Å². The van der Waals surface area contributed by atoms with E-state index in [2.05, 4.69) is 10.3 Å². The first-order chi connectivity index (χ1) is 8.15. The van der Waals surface area contributed by atoms with Crippen molar-refractivity contribution in [1.82, 2.24) is 10.3 Å². The molecule has 17 heavy (non-hydrogen) atoms. The summed E-state index contributed by atoms with van der Waals surface area (Å²) in [5.41, 5.74) is 1.21. The van der Waals surface area contributed by atoms with Crippen molar-refractivity contribution in [2.45, 2.75) is 20.3 Å². The number of amides is 1. The van der Waals surface area contributed by atoms with E-state index in [9.17, 15) is 4.79 Å². The van der Waals surface area contributed by atoms with Crippen molar-refractivity contribution in [1.29, 1.82) is 0 Å². The Hall–Kier alpha value is -1.13. The molecular formula is C12H17ClN2O2. The lowest BCUT2D eigenvalue weighted by Crippen LogP contribution is -2.25. The Bertz CT molecular complexity index is 383. The Morgan fingerprint density at radius 1 is 1.59 bits per heavy atom. The third-order valence-electron chi connectivity index (χ3n) is 2.19. The maximum absolute atomic E-state index is 11.7. The highest BCUT2D eigenvalue weighted by Gasteiger charge is 2.10. The summed E-state index contributed by atoms with van der Waals surface area (Å²) in [7, 11) is 0. The summed E-state index contributed by atoms with van der Waals surface area (Å²) in [4.78, 5) is 15.8. The first kappa shape index (κ1) is 13.9. The molecule has 0 unspecified atom stereocenters. The first-order valence-corrected chi connectivity index (χ1v) is 6.01. The van der Waals surface area contributed by atoms with E-state index in [4.69, 9.17) is 16.3 Å². The molecule has 1 aromatic rings. The van der Waals surface area contributed by atoms with Crippen LogP contribution in [-0.4, -0.2) is 30.6 Å². The summed E-state index contributed by atoms with van der Waals surface area (Å²) in [5, 5.41) is 3.21. The lowest BCUT2D eigenvalue weighted by atomic mass is 10.2. The Kier molecular flexibility index (Phi) is 5.94. The van der Waals surface area contributed by atoms with Crippen LogP contribution in [0.3, 0.4) is 0 Å². The monoisotopic (exact) mass is 256 g/mol. The van der Waals surface area contributed by atoms with Gasteiger partial charge >= 0.3 is 0 Å². The number of nitrogens with one attached hydrogen (secondary N) is 1. The van der Waals surface area contributed by atoms with Crippen LogP contribution in [0.2, 0.25) is 5.02 Å². The van der Waals surface area contributed by atoms with Crippen LogP contribution in [-0.2, 0) is 4.74 Å². The minimum atomic E-state index is -0.195. The van der Waals surface area contributed by atoms with Crippen LogP contribution in [0.15, 0.2) is 12.3 Å². The fourth-order valence-electron chi connectivity index (χ4n) is 1.31. The normalized spacial score (nSPS) is 10.3. The van der Waals surface area contributed by atoms with Gasteiger partial charge in [-0.15, -0.1) is 0 Å². The van der Waals surface area contributed by atoms with E-state index >= 15 is 0 Å². The molecule has 0 radical (unpaired) electrons. The van der Waals surface area contributed by atoms with Crippen molar-refractivity contribution in [2.75, 3.05) is 19.8 Å². The third kappa shape index (κ3) is 4.71. The van der Waals surface area contributed by atoms with Gasteiger partial charge < -0.3 is 10.1 Å². The van der Waals surface area contributed by atoms with Crippen LogP contribution in [0.5, 0.6) is 0 Å². The second-order valence-corrected chi connectivity index (χ2v) is 4.02. The summed E-state index contributed by atoms with van der Waals surface area (Å²) in [6.45, 7) is 5.69. The van der Waals surface area contributed by atoms with Crippen molar-refractivity contribution in [3.63, 3.8) is 0 Å². The van der Waals surface area contributed by atoms with Gasteiger partial charge in [0.25, 0.3) is 5.91 Å². The topological polar surface area (TPSA) is 51.2 Å². The number of hydrogen-bond donors (Lipinski definition) is 1. The van der Waals surface area contributed by atoms with Crippen LogP contribution in [0, 0.1) is 6.92 Å². The fraction of sp³-hybridized carbons (Fsp3) is 0.500. The van der Waals surface area contributed by atoms with E-state index in [1.54, 1.807) is 6.07 Å². The molecule has 0 fully saturated rings. The Morgan fingerprint density at radius 2 is 2.35 bits per heavy atom. The molecular weight excluding hydrogens is 240 g/mol. The number of hydrogen-bond acceptors (Lipinski definition) is 3. The van der Waals surface area contributed by atoms with Crippen LogP contribution < -0.4 is 5.32 Å². The van der Waals surface area contributed by atoms with Gasteiger partial charge in [0.1, 0.15) is 0 Å². The summed E-state index contributed by atoms with van der Waals surface area (Å²) < 4.78 is 5.17. The number of carbonyl (C=O) groups is 1. The molecule has 1 rings (SSSR count). The summed E-state index contributed by atoms with van der Waals surface area (Å²) in [5.74, 6) is -0.195. The molecule has 5 heteroatoms. The van der Waals surface area contributed by atoms with Crippen molar-refractivity contribution >= 4 is 17.5 Å². The number of ether oxygens (including phenoxy) is 1. The van der Waals surface area contributed by atoms with E-state index in [0.717, 1.165) is 12.1 Å². The number of rotatable bonds is 6. The molecule has 0 spiro atoms. The Morgan fingerprint density at radius 3 is 3.00 bits per heavy atom. The molecule has 0 bridgehead atoms. The zero-order valence-electron chi connectivity index (χ0n) is 10.1. The zero-order chi connectivity index (χ0) is 12.7. The number of carbonyl (C=O) groups excluding carboxylic acids is 1. The van der Waals surface area contributed by atoms with Gasteiger partial charge in [0.2, 0.25) is 0 Å². The van der Waals surface area contributed by atoms with Gasteiger partial charge in [-0.1, -0.05) is 11.6 Å². The molecule has 94 valence electrons. The van der Waals surface area contributed by atoms with Gasteiger partial charge in [0.15, 0.2) is 0 Å². The van der Waals surface area contributed by atoms with E-state index in [-0.39, 0.29) is 5.91 Å². The molecule has 0 atom stereocenters. The summed E-state index contributed by atoms with van der Waals surface area (Å²) >= 11 is 5.96. The number of nitrogens with zero attached hydrogens (tertiary/aromatic N) is 1. The van der Waals surface area contributed by atoms with E-state index < -0.39 is 0 Å². The number of aromatic nitrogens is 1. The SMILES string of the molecule is CCOCCCNC(=O)c1cnc(C)cc1Cl. The predicted molar refractivity (Wildman–Crippen MR) is 67.4 cm³/mol. The molecule has 0 saturated heterocycles. The van der Waals surface area contributed by atoms with E-state index in [0.29, 0.717) is 30.3 Å². The molecule has 0 aliphatic carbocycles. The highest BCUT2D eigenvalue weighted by atomic mass is 35.5. The number of aryl methyl sites for hydroxylation is 1. The average molecular weight is 257 g/mol. The molecule has 0 aromatic carbocycles. The van der Waals surface area contributed by atoms with E-state index in [1.807, 2.05) is 13.8 Å². The van der Waals surface area contributed by atoms with Gasteiger partial charge in [-0.05, 0) is 26.3 Å². The summed E-state index contributed by atoms with van der Waals surface area (Å²) in [6.07, 6.45) is 2.28. The molecule has 1 heterocycles. The Labute approximate surface area is 106 Å². The largest absolute Gasteiger partial charge is 0.382 e. The minimum Gasteiger partial charge on any atom is -0.382 e. The molecule has 1 amide bonds. The third-order valence-corrected chi connectivity index (χ3v) is 2.50. The zero-order valence-corrected chi connectivity index (χ0v) is 10.9. The van der Waals surface area contributed by atoms with Gasteiger partial charge in [-0.2, -0.15) is 0 Å². The fourth-order valence-corrected chi connectivity index (χ4v) is 1.60. The highest BCUT2D eigenvalue weighted by molar-refractivity contribution is 6.33.